The minimum Gasteiger partial charge on any atom is -0.384 e. The lowest BCUT2D eigenvalue weighted by atomic mass is 10.2. The molecule has 0 aliphatic rings. The first kappa shape index (κ1) is 13.6. The van der Waals surface area contributed by atoms with Gasteiger partial charge >= 0.3 is 6.18 Å². The van der Waals surface area contributed by atoms with Crippen molar-refractivity contribution >= 4 is 33.2 Å². The number of hydrogen-bond donors (Lipinski definition) is 1. The lowest BCUT2D eigenvalue weighted by Crippen LogP contribution is -2.11. The molecule has 0 atom stereocenters. The molecule has 0 saturated carbocycles. The number of anilines is 1. The van der Waals surface area contributed by atoms with Gasteiger partial charge in [-0.05, 0) is 40.5 Å². The zero-order valence-electron chi connectivity index (χ0n) is 8.24. The molecular weight excluding hydrogens is 306 g/mol. The van der Waals surface area contributed by atoms with Crippen LogP contribution < -0.4 is 5.32 Å². The highest BCUT2D eigenvalue weighted by Gasteiger charge is 2.25. The first-order valence-corrected chi connectivity index (χ1v) is 5.81. The lowest BCUT2D eigenvalue weighted by Gasteiger charge is -2.10. The number of halogens is 5. The highest BCUT2D eigenvalue weighted by Crippen LogP contribution is 2.26. The van der Waals surface area contributed by atoms with Crippen LogP contribution >= 0.6 is 27.5 Å². The van der Waals surface area contributed by atoms with Crippen LogP contribution in [-0.2, 0) is 0 Å². The standard InChI is InChI=1S/C10H10BrClF3N/c11-8-3-2-7(12)6-9(8)16-5-1-4-10(13,14)15/h2-3,6,16H,1,4-5H2. The monoisotopic (exact) mass is 315 g/mol. The Labute approximate surface area is 105 Å². The molecule has 16 heavy (non-hydrogen) atoms. The van der Waals surface area contributed by atoms with Gasteiger partial charge < -0.3 is 5.32 Å². The maximum atomic E-state index is 11.9. The normalized spacial score (nSPS) is 11.6. The molecule has 0 spiro atoms. The van der Waals surface area contributed by atoms with E-state index in [4.69, 9.17) is 11.6 Å². The van der Waals surface area contributed by atoms with Crippen molar-refractivity contribution in [2.24, 2.45) is 0 Å². The lowest BCUT2D eigenvalue weighted by molar-refractivity contribution is -0.134. The quantitative estimate of drug-likeness (QED) is 0.782. The van der Waals surface area contributed by atoms with Crippen molar-refractivity contribution in [2.75, 3.05) is 11.9 Å². The molecule has 0 aliphatic heterocycles. The highest BCUT2D eigenvalue weighted by atomic mass is 79.9. The maximum Gasteiger partial charge on any atom is 0.389 e. The second-order valence-corrected chi connectivity index (χ2v) is 4.56. The molecule has 1 aromatic rings. The second kappa shape index (κ2) is 5.77. The molecule has 1 N–H and O–H groups in total. The van der Waals surface area contributed by atoms with Crippen molar-refractivity contribution in [1.82, 2.24) is 0 Å². The summed E-state index contributed by atoms with van der Waals surface area (Å²) in [6.45, 7) is 0.262. The molecule has 0 unspecified atom stereocenters. The van der Waals surface area contributed by atoms with Crippen molar-refractivity contribution in [3.05, 3.63) is 27.7 Å². The van der Waals surface area contributed by atoms with E-state index in [-0.39, 0.29) is 13.0 Å². The van der Waals surface area contributed by atoms with Crippen molar-refractivity contribution in [3.63, 3.8) is 0 Å². The van der Waals surface area contributed by atoms with E-state index < -0.39 is 12.6 Å². The van der Waals surface area contributed by atoms with Crippen LogP contribution in [0.1, 0.15) is 12.8 Å². The van der Waals surface area contributed by atoms with Gasteiger partial charge in [-0.15, -0.1) is 0 Å². The average Bonchev–Trinajstić information content (AvgIpc) is 2.16. The molecule has 0 radical (unpaired) electrons. The average molecular weight is 317 g/mol. The van der Waals surface area contributed by atoms with Gasteiger partial charge in [-0.3, -0.25) is 0 Å². The Hall–Kier alpha value is -0.420. The Morgan fingerprint density at radius 2 is 2.00 bits per heavy atom. The number of benzene rings is 1. The van der Waals surface area contributed by atoms with Gasteiger partial charge in [0.05, 0.1) is 0 Å². The molecule has 1 nitrogen and oxygen atoms in total. The van der Waals surface area contributed by atoms with Crippen LogP contribution in [0.3, 0.4) is 0 Å². The third kappa shape index (κ3) is 5.07. The van der Waals surface area contributed by atoms with Gasteiger partial charge in [0, 0.05) is 28.1 Å². The van der Waals surface area contributed by atoms with Gasteiger partial charge in [0.2, 0.25) is 0 Å². The molecule has 0 bridgehead atoms. The molecule has 0 saturated heterocycles. The molecule has 0 amide bonds. The predicted molar refractivity (Wildman–Crippen MR) is 62.9 cm³/mol. The fourth-order valence-electron chi connectivity index (χ4n) is 1.14. The van der Waals surface area contributed by atoms with Gasteiger partial charge in [0.15, 0.2) is 0 Å². The van der Waals surface area contributed by atoms with Crippen LogP contribution in [0.15, 0.2) is 22.7 Å². The van der Waals surface area contributed by atoms with Gasteiger partial charge in [-0.2, -0.15) is 13.2 Å². The molecule has 6 heteroatoms. The molecule has 1 rings (SSSR count). The minimum atomic E-state index is -4.09. The molecule has 0 heterocycles. The summed E-state index contributed by atoms with van der Waals surface area (Å²) in [7, 11) is 0. The van der Waals surface area contributed by atoms with Crippen molar-refractivity contribution in [1.29, 1.82) is 0 Å². The molecule has 0 aliphatic carbocycles. The molecule has 1 aromatic carbocycles. The summed E-state index contributed by atoms with van der Waals surface area (Å²) < 4.78 is 36.4. The molecule has 0 fully saturated rings. The Kier molecular flexibility index (Phi) is 4.92. The van der Waals surface area contributed by atoms with E-state index in [1.165, 1.54) is 0 Å². The van der Waals surface area contributed by atoms with Gasteiger partial charge in [0.1, 0.15) is 0 Å². The van der Waals surface area contributed by atoms with Crippen molar-refractivity contribution in [3.8, 4) is 0 Å². The molecular formula is C10H10BrClF3N. The first-order valence-electron chi connectivity index (χ1n) is 4.64. The van der Waals surface area contributed by atoms with Crippen molar-refractivity contribution in [2.45, 2.75) is 19.0 Å². The van der Waals surface area contributed by atoms with Crippen LogP contribution in [0.2, 0.25) is 5.02 Å². The number of alkyl halides is 3. The zero-order chi connectivity index (χ0) is 12.2. The Morgan fingerprint density at radius 1 is 1.31 bits per heavy atom. The van der Waals surface area contributed by atoms with Crippen LogP contribution in [0, 0.1) is 0 Å². The third-order valence-electron chi connectivity index (χ3n) is 1.88. The minimum absolute atomic E-state index is 0.0441. The second-order valence-electron chi connectivity index (χ2n) is 3.27. The topological polar surface area (TPSA) is 12.0 Å². The van der Waals surface area contributed by atoms with Crippen LogP contribution in [-0.4, -0.2) is 12.7 Å². The van der Waals surface area contributed by atoms with E-state index in [1.54, 1.807) is 18.2 Å². The smallest absolute Gasteiger partial charge is 0.384 e. The Bertz CT molecular complexity index is 354. The van der Waals surface area contributed by atoms with Gasteiger partial charge in [0.25, 0.3) is 0 Å². The van der Waals surface area contributed by atoms with Gasteiger partial charge in [-0.1, -0.05) is 11.6 Å². The SMILES string of the molecule is FC(F)(F)CCCNc1cc(Cl)ccc1Br. The maximum absolute atomic E-state index is 11.9. The zero-order valence-corrected chi connectivity index (χ0v) is 10.6. The summed E-state index contributed by atoms with van der Waals surface area (Å²) in [5, 5.41) is 3.44. The largest absolute Gasteiger partial charge is 0.389 e. The summed E-state index contributed by atoms with van der Waals surface area (Å²) in [4.78, 5) is 0. The van der Waals surface area contributed by atoms with E-state index in [1.807, 2.05) is 0 Å². The Morgan fingerprint density at radius 3 is 2.62 bits per heavy atom. The molecule has 90 valence electrons. The van der Waals surface area contributed by atoms with E-state index in [0.717, 1.165) is 4.47 Å². The van der Waals surface area contributed by atoms with Crippen LogP contribution in [0.25, 0.3) is 0 Å². The summed E-state index contributed by atoms with van der Waals surface area (Å²) in [6.07, 6.45) is -4.83. The summed E-state index contributed by atoms with van der Waals surface area (Å²) in [6, 6.07) is 5.11. The number of hydrogen-bond acceptors (Lipinski definition) is 1. The fourth-order valence-corrected chi connectivity index (χ4v) is 1.70. The summed E-state index contributed by atoms with van der Waals surface area (Å²) in [5.74, 6) is 0. The third-order valence-corrected chi connectivity index (χ3v) is 2.81. The first-order chi connectivity index (χ1) is 7.38. The number of nitrogens with one attached hydrogen (secondary N) is 1. The van der Waals surface area contributed by atoms with Crippen LogP contribution in [0.5, 0.6) is 0 Å². The Balaban J connectivity index is 2.40. The summed E-state index contributed by atoms with van der Waals surface area (Å²) in [5.41, 5.74) is 0.703. The highest BCUT2D eigenvalue weighted by molar-refractivity contribution is 9.10. The van der Waals surface area contributed by atoms with E-state index in [0.29, 0.717) is 10.7 Å². The fraction of sp³-hybridized carbons (Fsp3) is 0.400. The van der Waals surface area contributed by atoms with E-state index >= 15 is 0 Å². The number of rotatable bonds is 4. The van der Waals surface area contributed by atoms with E-state index in [9.17, 15) is 13.2 Å². The summed E-state index contributed by atoms with van der Waals surface area (Å²) >= 11 is 9.04. The predicted octanol–water partition coefficient (Wildman–Crippen LogP) is 4.86. The van der Waals surface area contributed by atoms with Crippen molar-refractivity contribution < 1.29 is 13.2 Å². The van der Waals surface area contributed by atoms with E-state index in [2.05, 4.69) is 21.2 Å². The van der Waals surface area contributed by atoms with Gasteiger partial charge in [-0.25, -0.2) is 0 Å². The molecule has 0 aromatic heterocycles. The van der Waals surface area contributed by atoms with Crippen LogP contribution in [0.4, 0.5) is 18.9 Å².